The van der Waals surface area contributed by atoms with Crippen LogP contribution in [0.25, 0.3) is 0 Å². The summed E-state index contributed by atoms with van der Waals surface area (Å²) < 4.78 is 1.16. The van der Waals surface area contributed by atoms with Gasteiger partial charge in [-0.15, -0.1) is 0 Å². The molecule has 0 aliphatic heterocycles. The van der Waals surface area contributed by atoms with Crippen LogP contribution in [-0.4, -0.2) is 0 Å². The van der Waals surface area contributed by atoms with Gasteiger partial charge in [0.25, 0.3) is 0 Å². The lowest BCUT2D eigenvalue weighted by Crippen LogP contribution is -1.90. The Labute approximate surface area is 76.8 Å². The van der Waals surface area contributed by atoms with Crippen molar-refractivity contribution < 1.29 is 0 Å². The molecular weight excluding hydrogens is 200 g/mol. The summed E-state index contributed by atoms with van der Waals surface area (Å²) >= 11 is 3.44. The molecule has 11 heavy (non-hydrogen) atoms. The molecule has 0 aliphatic carbocycles. The SMILES string of the molecule is C[C](C)Cc1cccc(Br)c1. The zero-order valence-electron chi connectivity index (χ0n) is 6.89. The average Bonchev–Trinajstić information content (AvgIpc) is 1.85. The molecule has 0 heterocycles. The van der Waals surface area contributed by atoms with E-state index >= 15 is 0 Å². The summed E-state index contributed by atoms with van der Waals surface area (Å²) in [4.78, 5) is 0. The minimum atomic E-state index is 1.08. The van der Waals surface area contributed by atoms with Gasteiger partial charge in [-0.1, -0.05) is 41.9 Å². The Hall–Kier alpha value is -0.300. The van der Waals surface area contributed by atoms with E-state index in [4.69, 9.17) is 0 Å². The number of benzene rings is 1. The third kappa shape index (κ3) is 3.06. The van der Waals surface area contributed by atoms with Crippen LogP contribution < -0.4 is 0 Å². The molecule has 0 saturated heterocycles. The van der Waals surface area contributed by atoms with Gasteiger partial charge in [0.15, 0.2) is 0 Å². The van der Waals surface area contributed by atoms with Crippen LogP contribution in [0.4, 0.5) is 0 Å². The molecule has 0 fully saturated rings. The van der Waals surface area contributed by atoms with Crippen molar-refractivity contribution in [2.45, 2.75) is 20.3 Å². The monoisotopic (exact) mass is 211 g/mol. The lowest BCUT2D eigenvalue weighted by molar-refractivity contribution is 0.956. The molecule has 0 nitrogen and oxygen atoms in total. The summed E-state index contributed by atoms with van der Waals surface area (Å²) in [5, 5.41) is 0. The van der Waals surface area contributed by atoms with E-state index in [1.54, 1.807) is 0 Å². The van der Waals surface area contributed by atoms with Gasteiger partial charge >= 0.3 is 0 Å². The van der Waals surface area contributed by atoms with Crippen LogP contribution in [0, 0.1) is 5.92 Å². The van der Waals surface area contributed by atoms with E-state index in [0.29, 0.717) is 0 Å². The first-order valence-electron chi connectivity index (χ1n) is 3.72. The molecule has 0 N–H and O–H groups in total. The van der Waals surface area contributed by atoms with E-state index in [2.05, 4.69) is 54.0 Å². The topological polar surface area (TPSA) is 0 Å². The standard InChI is InChI=1S/C10H12Br/c1-8(2)6-9-4-3-5-10(11)7-9/h3-5,7H,6H2,1-2H3. The second-order valence-corrected chi connectivity index (χ2v) is 3.93. The molecule has 0 saturated carbocycles. The normalized spacial score (nSPS) is 10.5. The van der Waals surface area contributed by atoms with Crippen molar-refractivity contribution in [2.24, 2.45) is 0 Å². The van der Waals surface area contributed by atoms with Gasteiger partial charge in [0.1, 0.15) is 0 Å². The summed E-state index contributed by atoms with van der Waals surface area (Å²) in [6.07, 6.45) is 1.08. The number of hydrogen-bond acceptors (Lipinski definition) is 0. The van der Waals surface area contributed by atoms with Crippen molar-refractivity contribution in [3.8, 4) is 0 Å². The van der Waals surface area contributed by atoms with Crippen molar-refractivity contribution in [3.63, 3.8) is 0 Å². The van der Waals surface area contributed by atoms with Crippen molar-refractivity contribution in [1.29, 1.82) is 0 Å². The van der Waals surface area contributed by atoms with Gasteiger partial charge < -0.3 is 0 Å². The molecule has 1 rings (SSSR count). The van der Waals surface area contributed by atoms with E-state index in [-0.39, 0.29) is 0 Å². The molecule has 0 aromatic heterocycles. The molecule has 0 amide bonds. The average molecular weight is 212 g/mol. The predicted molar refractivity (Wildman–Crippen MR) is 52.4 cm³/mol. The highest BCUT2D eigenvalue weighted by Crippen LogP contribution is 2.15. The van der Waals surface area contributed by atoms with Crippen molar-refractivity contribution in [1.82, 2.24) is 0 Å². The highest BCUT2D eigenvalue weighted by atomic mass is 79.9. The Kier molecular flexibility index (Phi) is 3.13. The molecule has 1 aromatic rings. The fourth-order valence-corrected chi connectivity index (χ4v) is 1.50. The quantitative estimate of drug-likeness (QED) is 0.702. The lowest BCUT2D eigenvalue weighted by atomic mass is 10.0. The zero-order chi connectivity index (χ0) is 8.27. The van der Waals surface area contributed by atoms with Crippen LogP contribution >= 0.6 is 15.9 Å². The first kappa shape index (κ1) is 8.79. The van der Waals surface area contributed by atoms with Crippen LogP contribution in [0.15, 0.2) is 28.7 Å². The van der Waals surface area contributed by atoms with Crippen LogP contribution in [0.3, 0.4) is 0 Å². The third-order valence-electron chi connectivity index (χ3n) is 1.45. The Balaban J connectivity index is 2.71. The Morgan fingerprint density at radius 1 is 1.36 bits per heavy atom. The Morgan fingerprint density at radius 3 is 2.64 bits per heavy atom. The van der Waals surface area contributed by atoms with Crippen LogP contribution in [0.5, 0.6) is 0 Å². The second-order valence-electron chi connectivity index (χ2n) is 3.01. The summed E-state index contributed by atoms with van der Waals surface area (Å²) in [5.74, 6) is 1.45. The van der Waals surface area contributed by atoms with Crippen molar-refractivity contribution in [2.75, 3.05) is 0 Å². The first-order chi connectivity index (χ1) is 5.18. The highest BCUT2D eigenvalue weighted by Gasteiger charge is 1.97. The van der Waals surface area contributed by atoms with Gasteiger partial charge in [-0.2, -0.15) is 0 Å². The molecule has 1 aromatic carbocycles. The molecular formula is C10H12Br. The Bertz CT molecular complexity index is 228. The lowest BCUT2D eigenvalue weighted by Gasteiger charge is -2.03. The summed E-state index contributed by atoms with van der Waals surface area (Å²) in [7, 11) is 0. The zero-order valence-corrected chi connectivity index (χ0v) is 8.48. The minimum absolute atomic E-state index is 1.08. The van der Waals surface area contributed by atoms with Crippen LogP contribution in [-0.2, 0) is 6.42 Å². The fourth-order valence-electron chi connectivity index (χ4n) is 1.06. The predicted octanol–water partition coefficient (Wildman–Crippen LogP) is 3.61. The smallest absolute Gasteiger partial charge is 0.0177 e. The molecule has 1 radical (unpaired) electrons. The summed E-state index contributed by atoms with van der Waals surface area (Å²) in [6.45, 7) is 4.31. The molecule has 1 heteroatoms. The molecule has 0 atom stereocenters. The van der Waals surface area contributed by atoms with Gasteiger partial charge in [0, 0.05) is 4.47 Å². The van der Waals surface area contributed by atoms with E-state index in [1.807, 2.05) is 0 Å². The van der Waals surface area contributed by atoms with Gasteiger partial charge in [0.05, 0.1) is 0 Å². The number of hydrogen-bond donors (Lipinski definition) is 0. The van der Waals surface area contributed by atoms with E-state index < -0.39 is 0 Å². The van der Waals surface area contributed by atoms with Crippen molar-refractivity contribution in [3.05, 3.63) is 40.2 Å². The van der Waals surface area contributed by atoms with E-state index in [1.165, 1.54) is 11.5 Å². The van der Waals surface area contributed by atoms with Crippen molar-refractivity contribution >= 4 is 15.9 Å². The van der Waals surface area contributed by atoms with Gasteiger partial charge in [-0.3, -0.25) is 0 Å². The van der Waals surface area contributed by atoms with E-state index in [9.17, 15) is 0 Å². The highest BCUT2D eigenvalue weighted by molar-refractivity contribution is 9.10. The largest absolute Gasteiger partial charge is 0.0609 e. The molecule has 0 unspecified atom stereocenters. The fraction of sp³-hybridized carbons (Fsp3) is 0.300. The third-order valence-corrected chi connectivity index (χ3v) is 1.94. The number of rotatable bonds is 2. The molecule has 59 valence electrons. The Morgan fingerprint density at radius 2 is 2.09 bits per heavy atom. The van der Waals surface area contributed by atoms with Gasteiger partial charge in [0.2, 0.25) is 0 Å². The molecule has 0 bridgehead atoms. The molecule has 0 spiro atoms. The van der Waals surface area contributed by atoms with Crippen LogP contribution in [0.1, 0.15) is 19.4 Å². The van der Waals surface area contributed by atoms with E-state index in [0.717, 1.165) is 10.9 Å². The van der Waals surface area contributed by atoms with Crippen LogP contribution in [0.2, 0.25) is 0 Å². The maximum atomic E-state index is 3.44. The van der Waals surface area contributed by atoms with Gasteiger partial charge in [-0.05, 0) is 30.0 Å². The summed E-state index contributed by atoms with van der Waals surface area (Å²) in [6, 6.07) is 8.43. The first-order valence-corrected chi connectivity index (χ1v) is 4.51. The maximum Gasteiger partial charge on any atom is 0.0177 e. The maximum absolute atomic E-state index is 3.44. The minimum Gasteiger partial charge on any atom is -0.0609 e. The summed E-state index contributed by atoms with van der Waals surface area (Å²) in [5.41, 5.74) is 1.37. The molecule has 0 aliphatic rings. The number of halogens is 1. The second kappa shape index (κ2) is 3.91. The van der Waals surface area contributed by atoms with Gasteiger partial charge in [-0.25, -0.2) is 0 Å².